The molecule has 1 saturated heterocycles. The average molecular weight is 182 g/mol. The number of rotatable bonds is 2. The molecule has 1 aliphatic carbocycles. The summed E-state index contributed by atoms with van der Waals surface area (Å²) in [5, 5.41) is 3.17. The van der Waals surface area contributed by atoms with Crippen LogP contribution in [-0.4, -0.2) is 30.1 Å². The maximum Gasteiger partial charge on any atom is 0.237 e. The predicted octanol–water partition coefficient (Wildman–Crippen LogP) is 0.954. The predicted molar refractivity (Wildman–Crippen MR) is 51.1 cm³/mol. The second-order valence-corrected chi connectivity index (χ2v) is 4.25. The second kappa shape index (κ2) is 3.66. The maximum atomic E-state index is 11.4. The molecule has 2 fully saturated rings. The zero-order valence-corrected chi connectivity index (χ0v) is 8.25. The Morgan fingerprint density at radius 3 is 2.69 bits per heavy atom. The molecule has 0 aromatic carbocycles. The van der Waals surface area contributed by atoms with Crippen LogP contribution in [-0.2, 0) is 4.79 Å². The summed E-state index contributed by atoms with van der Waals surface area (Å²) in [4.78, 5) is 13.4. The molecule has 1 aliphatic heterocycles. The van der Waals surface area contributed by atoms with Gasteiger partial charge in [-0.15, -0.1) is 0 Å². The molecular formula is C10H18N2O. The highest BCUT2D eigenvalue weighted by atomic mass is 16.2. The molecular weight excluding hydrogens is 164 g/mol. The minimum absolute atomic E-state index is 0.258. The topological polar surface area (TPSA) is 32.3 Å². The first-order valence-electron chi connectivity index (χ1n) is 5.30. The van der Waals surface area contributed by atoms with E-state index >= 15 is 0 Å². The van der Waals surface area contributed by atoms with E-state index in [1.807, 2.05) is 4.90 Å². The highest BCUT2D eigenvalue weighted by Gasteiger charge is 2.29. The van der Waals surface area contributed by atoms with Crippen LogP contribution in [0.1, 0.15) is 32.6 Å². The first kappa shape index (κ1) is 9.00. The average Bonchev–Trinajstić information content (AvgIpc) is 2.70. The number of nitrogens with one attached hydrogen (secondary N) is 1. The van der Waals surface area contributed by atoms with Crippen LogP contribution in [0.4, 0.5) is 0 Å². The van der Waals surface area contributed by atoms with Crippen molar-refractivity contribution in [1.82, 2.24) is 10.2 Å². The van der Waals surface area contributed by atoms with Crippen molar-refractivity contribution in [2.45, 2.75) is 38.8 Å². The quantitative estimate of drug-likeness (QED) is 0.689. The van der Waals surface area contributed by atoms with Crippen molar-refractivity contribution >= 4 is 5.91 Å². The van der Waals surface area contributed by atoms with Crippen LogP contribution in [0.2, 0.25) is 0 Å². The summed E-state index contributed by atoms with van der Waals surface area (Å²) >= 11 is 0. The van der Waals surface area contributed by atoms with Gasteiger partial charge in [-0.05, 0) is 25.7 Å². The maximum absolute atomic E-state index is 11.4. The van der Waals surface area contributed by atoms with Gasteiger partial charge in [0.25, 0.3) is 0 Å². The lowest BCUT2D eigenvalue weighted by atomic mass is 10.1. The molecule has 2 rings (SSSR count). The van der Waals surface area contributed by atoms with Gasteiger partial charge in [-0.2, -0.15) is 0 Å². The Labute approximate surface area is 79.5 Å². The van der Waals surface area contributed by atoms with Gasteiger partial charge in [-0.25, -0.2) is 0 Å². The summed E-state index contributed by atoms with van der Waals surface area (Å²) in [6, 6.07) is 0. The van der Waals surface area contributed by atoms with Crippen LogP contribution in [0, 0.1) is 5.92 Å². The minimum atomic E-state index is 0.258. The van der Waals surface area contributed by atoms with Gasteiger partial charge < -0.3 is 4.90 Å². The van der Waals surface area contributed by atoms with E-state index in [4.69, 9.17) is 0 Å². The standard InChI is InChI=1S/C10H18N2O/c1-8-11-6-10(13)12(8)7-9-4-2-3-5-9/h8-9,11H,2-7H2,1H3. The van der Waals surface area contributed by atoms with Gasteiger partial charge in [0, 0.05) is 6.54 Å². The van der Waals surface area contributed by atoms with Crippen molar-refractivity contribution in [1.29, 1.82) is 0 Å². The fourth-order valence-electron chi connectivity index (χ4n) is 2.39. The third kappa shape index (κ3) is 1.85. The number of amides is 1. The lowest BCUT2D eigenvalue weighted by molar-refractivity contribution is -0.128. The summed E-state index contributed by atoms with van der Waals surface area (Å²) in [5.74, 6) is 1.05. The molecule has 3 heteroatoms. The van der Waals surface area contributed by atoms with Crippen molar-refractivity contribution < 1.29 is 4.79 Å². The molecule has 0 aromatic rings. The van der Waals surface area contributed by atoms with Crippen LogP contribution in [0.25, 0.3) is 0 Å². The molecule has 74 valence electrons. The SMILES string of the molecule is CC1NCC(=O)N1CC1CCCC1. The second-order valence-electron chi connectivity index (χ2n) is 4.25. The van der Waals surface area contributed by atoms with Gasteiger partial charge in [0.05, 0.1) is 12.7 Å². The van der Waals surface area contributed by atoms with Gasteiger partial charge in [-0.3, -0.25) is 10.1 Å². The van der Waals surface area contributed by atoms with E-state index in [-0.39, 0.29) is 12.1 Å². The molecule has 1 unspecified atom stereocenters. The van der Waals surface area contributed by atoms with Crippen LogP contribution in [0.3, 0.4) is 0 Å². The highest BCUT2D eigenvalue weighted by Crippen LogP contribution is 2.26. The first-order valence-corrected chi connectivity index (χ1v) is 5.30. The number of hydrogen-bond donors (Lipinski definition) is 1. The molecule has 0 bridgehead atoms. The van der Waals surface area contributed by atoms with E-state index < -0.39 is 0 Å². The van der Waals surface area contributed by atoms with E-state index in [0.717, 1.165) is 12.5 Å². The van der Waals surface area contributed by atoms with Crippen molar-refractivity contribution in [3.8, 4) is 0 Å². The molecule has 0 radical (unpaired) electrons. The lowest BCUT2D eigenvalue weighted by Gasteiger charge is -2.24. The smallest absolute Gasteiger partial charge is 0.237 e. The van der Waals surface area contributed by atoms with Gasteiger partial charge in [-0.1, -0.05) is 12.8 Å². The lowest BCUT2D eigenvalue weighted by Crippen LogP contribution is -2.37. The first-order chi connectivity index (χ1) is 6.27. The molecule has 1 saturated carbocycles. The van der Waals surface area contributed by atoms with Crippen LogP contribution in [0.15, 0.2) is 0 Å². The van der Waals surface area contributed by atoms with E-state index in [1.54, 1.807) is 0 Å². The highest BCUT2D eigenvalue weighted by molar-refractivity contribution is 5.80. The summed E-state index contributed by atoms with van der Waals surface area (Å²) in [6.07, 6.45) is 5.60. The van der Waals surface area contributed by atoms with Gasteiger partial charge in [0.15, 0.2) is 0 Å². The van der Waals surface area contributed by atoms with Crippen molar-refractivity contribution in [3.63, 3.8) is 0 Å². The normalized spacial score (nSPS) is 30.4. The summed E-state index contributed by atoms with van der Waals surface area (Å²) in [5.41, 5.74) is 0. The van der Waals surface area contributed by atoms with Crippen molar-refractivity contribution in [2.75, 3.05) is 13.1 Å². The zero-order chi connectivity index (χ0) is 9.26. The number of carbonyl (C=O) groups is 1. The molecule has 3 nitrogen and oxygen atoms in total. The molecule has 13 heavy (non-hydrogen) atoms. The van der Waals surface area contributed by atoms with Crippen LogP contribution >= 0.6 is 0 Å². The Bertz CT molecular complexity index is 199. The number of nitrogens with zero attached hydrogens (tertiary/aromatic N) is 1. The third-order valence-electron chi connectivity index (χ3n) is 3.27. The zero-order valence-electron chi connectivity index (χ0n) is 8.25. The molecule has 1 N–H and O–H groups in total. The molecule has 2 aliphatic rings. The van der Waals surface area contributed by atoms with Crippen molar-refractivity contribution in [3.05, 3.63) is 0 Å². The number of carbonyl (C=O) groups excluding carboxylic acids is 1. The molecule has 0 aromatic heterocycles. The monoisotopic (exact) mass is 182 g/mol. The molecule has 1 atom stereocenters. The fourth-order valence-corrected chi connectivity index (χ4v) is 2.39. The summed E-state index contributed by atoms with van der Waals surface area (Å²) in [7, 11) is 0. The van der Waals surface area contributed by atoms with Gasteiger partial charge in [0.1, 0.15) is 0 Å². The van der Waals surface area contributed by atoms with Crippen molar-refractivity contribution in [2.24, 2.45) is 5.92 Å². The molecule has 1 heterocycles. The summed E-state index contributed by atoms with van der Waals surface area (Å²) in [6.45, 7) is 3.58. The van der Waals surface area contributed by atoms with E-state index in [0.29, 0.717) is 6.54 Å². The van der Waals surface area contributed by atoms with Crippen LogP contribution in [0.5, 0.6) is 0 Å². The van der Waals surface area contributed by atoms with E-state index in [2.05, 4.69) is 12.2 Å². The summed E-state index contributed by atoms with van der Waals surface area (Å²) < 4.78 is 0. The minimum Gasteiger partial charge on any atom is -0.326 e. The Kier molecular flexibility index (Phi) is 2.54. The van der Waals surface area contributed by atoms with E-state index in [1.165, 1.54) is 25.7 Å². The Morgan fingerprint density at radius 1 is 1.46 bits per heavy atom. The molecule has 0 spiro atoms. The van der Waals surface area contributed by atoms with E-state index in [9.17, 15) is 4.79 Å². The van der Waals surface area contributed by atoms with Crippen LogP contribution < -0.4 is 5.32 Å². The third-order valence-corrected chi connectivity index (χ3v) is 3.27. The Balaban J connectivity index is 1.88. The number of hydrogen-bond acceptors (Lipinski definition) is 2. The molecule has 1 amide bonds. The Hall–Kier alpha value is -0.570. The largest absolute Gasteiger partial charge is 0.326 e. The fraction of sp³-hybridized carbons (Fsp3) is 0.900. The Morgan fingerprint density at radius 2 is 2.15 bits per heavy atom. The van der Waals surface area contributed by atoms with Gasteiger partial charge in [0.2, 0.25) is 5.91 Å². The van der Waals surface area contributed by atoms with Gasteiger partial charge >= 0.3 is 0 Å².